The molecule has 3 heterocycles. The number of para-hydroxylation sites is 2. The third-order valence-corrected chi connectivity index (χ3v) is 10.6. The minimum atomic E-state index is 0.557. The molecule has 11 aromatic rings. The molecule has 0 aliphatic heterocycles. The Morgan fingerprint density at radius 1 is 0.286 bits per heavy atom. The molecule has 0 saturated carbocycles. The highest BCUT2D eigenvalue weighted by Gasteiger charge is 2.21. The van der Waals surface area contributed by atoms with Crippen molar-refractivity contribution >= 4 is 43.9 Å². The van der Waals surface area contributed by atoms with Gasteiger partial charge in [0.2, 0.25) is 0 Å². The van der Waals surface area contributed by atoms with E-state index in [9.17, 15) is 0 Å². The van der Waals surface area contributed by atoms with Gasteiger partial charge in [0.25, 0.3) is 0 Å². The van der Waals surface area contributed by atoms with E-state index >= 15 is 0 Å². The van der Waals surface area contributed by atoms with Crippen LogP contribution in [-0.4, -0.2) is 15.0 Å². The summed E-state index contributed by atoms with van der Waals surface area (Å²) in [7, 11) is 0. The Balaban J connectivity index is 1.07. The van der Waals surface area contributed by atoms with Crippen molar-refractivity contribution in [3.63, 3.8) is 0 Å². The quantitative estimate of drug-likeness (QED) is 0.171. The number of fused-ring (bicyclic) bond motifs is 6. The van der Waals surface area contributed by atoms with E-state index in [0.29, 0.717) is 17.5 Å². The first-order valence-electron chi connectivity index (χ1n) is 18.7. The molecule has 3 aromatic heterocycles. The molecule has 5 nitrogen and oxygen atoms in total. The van der Waals surface area contributed by atoms with E-state index in [1.165, 1.54) is 5.56 Å². The number of furan rings is 2. The molecule has 0 amide bonds. The Morgan fingerprint density at radius 3 is 1.59 bits per heavy atom. The number of rotatable bonds is 6. The molecule has 0 unspecified atom stereocenters. The highest BCUT2D eigenvalue weighted by Crippen LogP contribution is 2.44. The number of hydrogen-bond acceptors (Lipinski definition) is 5. The van der Waals surface area contributed by atoms with Crippen molar-refractivity contribution in [2.45, 2.75) is 0 Å². The highest BCUT2D eigenvalue weighted by molar-refractivity contribution is 6.17. The van der Waals surface area contributed by atoms with Crippen LogP contribution < -0.4 is 0 Å². The first-order valence-corrected chi connectivity index (χ1v) is 18.7. The Hall–Kier alpha value is -7.63. The van der Waals surface area contributed by atoms with E-state index in [-0.39, 0.29) is 0 Å². The molecule has 0 fully saturated rings. The van der Waals surface area contributed by atoms with Crippen molar-refractivity contribution in [3.05, 3.63) is 188 Å². The Morgan fingerprint density at radius 2 is 0.839 bits per heavy atom. The van der Waals surface area contributed by atoms with E-state index in [1.54, 1.807) is 0 Å². The van der Waals surface area contributed by atoms with Crippen LogP contribution in [0.4, 0.5) is 0 Å². The first-order chi connectivity index (χ1) is 27.7. The summed E-state index contributed by atoms with van der Waals surface area (Å²) in [6, 6.07) is 64.5. The Labute approximate surface area is 322 Å². The summed E-state index contributed by atoms with van der Waals surface area (Å²) in [5.74, 6) is 1.77. The van der Waals surface area contributed by atoms with Crippen molar-refractivity contribution < 1.29 is 8.83 Å². The molecular weight excluding hydrogens is 687 g/mol. The van der Waals surface area contributed by atoms with Gasteiger partial charge >= 0.3 is 0 Å². The molecule has 8 aromatic carbocycles. The fourth-order valence-electron chi connectivity index (χ4n) is 7.86. The lowest BCUT2D eigenvalue weighted by molar-refractivity contribution is 0.669. The standard InChI is InChI=1S/C51H31N3O2/c1-4-14-32(15-5-1)35-20-12-21-36(30-35)39-29-28-38(46-42-22-10-11-25-44(42)55-48(39)46)37-26-27-40-41-23-13-24-43(47(41)56-45(40)31-37)51-53-49(33-16-6-2-7-17-33)52-50(54-51)34-18-8-3-9-19-34/h1-31H. The predicted octanol–water partition coefficient (Wildman–Crippen LogP) is 13.7. The number of benzene rings is 8. The van der Waals surface area contributed by atoms with E-state index in [4.69, 9.17) is 23.8 Å². The SMILES string of the molecule is c1ccc(-c2cccc(-c3ccc(-c4ccc5c(c4)oc4c(-c6nc(-c7ccccc7)nc(-c7ccccc7)n6)cccc45)c4c3oc3ccccc34)c2)cc1. The van der Waals surface area contributed by atoms with Crippen LogP contribution in [0.1, 0.15) is 0 Å². The second kappa shape index (κ2) is 13.0. The maximum absolute atomic E-state index is 6.80. The second-order valence-electron chi connectivity index (χ2n) is 13.9. The predicted molar refractivity (Wildman–Crippen MR) is 227 cm³/mol. The summed E-state index contributed by atoms with van der Waals surface area (Å²) in [5, 5.41) is 4.17. The minimum absolute atomic E-state index is 0.557. The molecule has 0 aliphatic carbocycles. The van der Waals surface area contributed by atoms with Crippen LogP contribution in [0.2, 0.25) is 0 Å². The summed E-state index contributed by atoms with van der Waals surface area (Å²) >= 11 is 0. The third-order valence-electron chi connectivity index (χ3n) is 10.6. The zero-order valence-corrected chi connectivity index (χ0v) is 30.1. The van der Waals surface area contributed by atoms with Crippen LogP contribution in [-0.2, 0) is 0 Å². The molecule has 0 bridgehead atoms. The van der Waals surface area contributed by atoms with Gasteiger partial charge in [0, 0.05) is 38.2 Å². The first kappa shape index (κ1) is 31.9. The van der Waals surface area contributed by atoms with E-state index in [0.717, 1.165) is 88.4 Å². The normalized spacial score (nSPS) is 11.6. The van der Waals surface area contributed by atoms with Crippen molar-refractivity contribution in [1.29, 1.82) is 0 Å². The molecule has 11 rings (SSSR count). The summed E-state index contributed by atoms with van der Waals surface area (Å²) < 4.78 is 13.5. The fraction of sp³-hybridized carbons (Fsp3) is 0. The number of aromatic nitrogens is 3. The number of nitrogens with zero attached hydrogens (tertiary/aromatic N) is 3. The minimum Gasteiger partial charge on any atom is -0.455 e. The maximum Gasteiger partial charge on any atom is 0.167 e. The Bertz CT molecular complexity index is 3180. The van der Waals surface area contributed by atoms with Gasteiger partial charge in [-0.05, 0) is 64.2 Å². The van der Waals surface area contributed by atoms with Crippen molar-refractivity contribution in [2.75, 3.05) is 0 Å². The number of hydrogen-bond donors (Lipinski definition) is 0. The van der Waals surface area contributed by atoms with E-state index in [2.05, 4.69) is 97.1 Å². The lowest BCUT2D eigenvalue weighted by atomic mass is 9.93. The van der Waals surface area contributed by atoms with Crippen LogP contribution in [0.5, 0.6) is 0 Å². The monoisotopic (exact) mass is 717 g/mol. The largest absolute Gasteiger partial charge is 0.455 e. The third kappa shape index (κ3) is 5.37. The van der Waals surface area contributed by atoms with Gasteiger partial charge in [-0.15, -0.1) is 0 Å². The molecular formula is C51H31N3O2. The van der Waals surface area contributed by atoms with Crippen LogP contribution in [0, 0.1) is 0 Å². The van der Waals surface area contributed by atoms with Crippen LogP contribution in [0.25, 0.3) is 111 Å². The van der Waals surface area contributed by atoms with Crippen molar-refractivity contribution in [2.24, 2.45) is 0 Å². The molecule has 0 N–H and O–H groups in total. The van der Waals surface area contributed by atoms with Gasteiger partial charge in [0.05, 0.1) is 5.56 Å². The van der Waals surface area contributed by atoms with E-state index < -0.39 is 0 Å². The van der Waals surface area contributed by atoms with Gasteiger partial charge in [-0.25, -0.2) is 15.0 Å². The zero-order valence-electron chi connectivity index (χ0n) is 30.1. The van der Waals surface area contributed by atoms with Gasteiger partial charge in [-0.2, -0.15) is 0 Å². The van der Waals surface area contributed by atoms with Crippen LogP contribution in [0.3, 0.4) is 0 Å². The molecule has 0 saturated heterocycles. The average Bonchev–Trinajstić information content (AvgIpc) is 3.86. The lowest BCUT2D eigenvalue weighted by Gasteiger charge is -2.10. The van der Waals surface area contributed by atoms with Crippen molar-refractivity contribution in [3.8, 4) is 67.5 Å². The molecule has 0 spiro atoms. The smallest absolute Gasteiger partial charge is 0.167 e. The summed E-state index contributed by atoms with van der Waals surface area (Å²) in [6.07, 6.45) is 0. The van der Waals surface area contributed by atoms with Crippen LogP contribution >= 0.6 is 0 Å². The highest BCUT2D eigenvalue weighted by atomic mass is 16.3. The van der Waals surface area contributed by atoms with Gasteiger partial charge < -0.3 is 8.83 Å². The maximum atomic E-state index is 6.80. The summed E-state index contributed by atoms with van der Waals surface area (Å²) in [6.45, 7) is 0. The molecule has 5 heteroatoms. The zero-order chi connectivity index (χ0) is 37.0. The van der Waals surface area contributed by atoms with Crippen molar-refractivity contribution in [1.82, 2.24) is 15.0 Å². The molecule has 262 valence electrons. The van der Waals surface area contributed by atoms with Crippen LogP contribution in [0.15, 0.2) is 197 Å². The Kier molecular flexibility index (Phi) is 7.42. The molecule has 0 atom stereocenters. The second-order valence-corrected chi connectivity index (χ2v) is 13.9. The summed E-state index contributed by atoms with van der Waals surface area (Å²) in [4.78, 5) is 14.9. The molecule has 0 aliphatic rings. The molecule has 0 radical (unpaired) electrons. The van der Waals surface area contributed by atoms with Gasteiger partial charge in [0.15, 0.2) is 17.5 Å². The van der Waals surface area contributed by atoms with Gasteiger partial charge in [0.1, 0.15) is 22.3 Å². The van der Waals surface area contributed by atoms with Gasteiger partial charge in [-0.3, -0.25) is 0 Å². The van der Waals surface area contributed by atoms with Gasteiger partial charge in [-0.1, -0.05) is 152 Å². The topological polar surface area (TPSA) is 65.0 Å². The molecule has 56 heavy (non-hydrogen) atoms. The summed E-state index contributed by atoms with van der Waals surface area (Å²) in [5.41, 5.74) is 12.5. The lowest BCUT2D eigenvalue weighted by Crippen LogP contribution is -2.00. The fourth-order valence-corrected chi connectivity index (χ4v) is 7.86. The average molecular weight is 718 g/mol. The van der Waals surface area contributed by atoms with E-state index in [1.807, 2.05) is 91.0 Å².